The monoisotopic (exact) mass is 379 g/mol. The third-order valence-corrected chi connectivity index (χ3v) is 4.68. The Morgan fingerprint density at radius 3 is 2.12 bits per heavy atom. The van der Waals surface area contributed by atoms with Crippen molar-refractivity contribution in [1.29, 1.82) is 0 Å². The molecule has 0 radical (unpaired) electrons. The summed E-state index contributed by atoms with van der Waals surface area (Å²) in [4.78, 5) is 0.104. The summed E-state index contributed by atoms with van der Waals surface area (Å²) in [6.07, 6.45) is 0.0541. The van der Waals surface area contributed by atoms with E-state index in [-0.39, 0.29) is 11.0 Å². The molecule has 0 fully saturated rings. The molecule has 0 atom stereocenters. The van der Waals surface area contributed by atoms with Crippen molar-refractivity contribution in [2.24, 2.45) is 0 Å². The molecular formula is C19H25NO5S. The number of ether oxygens (including phenoxy) is 3. The van der Waals surface area contributed by atoms with Crippen molar-refractivity contribution in [2.75, 3.05) is 17.9 Å². The van der Waals surface area contributed by atoms with Gasteiger partial charge in [0.15, 0.2) is 11.5 Å². The second-order valence-electron chi connectivity index (χ2n) is 5.77. The lowest BCUT2D eigenvalue weighted by molar-refractivity contribution is 0.242. The molecule has 0 spiro atoms. The average Bonchev–Trinajstić information content (AvgIpc) is 2.58. The SMILES string of the molecule is CCOc1ccc(S(=O)(=O)Nc2ccc(OC(C)C)cc2)cc1OCC. The first-order chi connectivity index (χ1) is 12.4. The summed E-state index contributed by atoms with van der Waals surface area (Å²) in [6, 6.07) is 11.3. The number of anilines is 1. The van der Waals surface area contributed by atoms with Crippen LogP contribution in [0.5, 0.6) is 17.2 Å². The lowest BCUT2D eigenvalue weighted by atomic mass is 10.3. The zero-order valence-corrected chi connectivity index (χ0v) is 16.3. The van der Waals surface area contributed by atoms with Gasteiger partial charge in [0.25, 0.3) is 10.0 Å². The van der Waals surface area contributed by atoms with Crippen molar-refractivity contribution in [3.8, 4) is 17.2 Å². The molecule has 0 aliphatic carbocycles. The van der Waals surface area contributed by atoms with Gasteiger partial charge in [-0.25, -0.2) is 8.42 Å². The number of nitrogens with one attached hydrogen (secondary N) is 1. The van der Waals surface area contributed by atoms with Crippen LogP contribution in [-0.4, -0.2) is 27.7 Å². The molecule has 142 valence electrons. The van der Waals surface area contributed by atoms with Gasteiger partial charge in [-0.1, -0.05) is 0 Å². The first kappa shape index (κ1) is 19.9. The van der Waals surface area contributed by atoms with Crippen LogP contribution in [-0.2, 0) is 10.0 Å². The Bertz CT molecular complexity index is 816. The Labute approximate surface area is 155 Å². The van der Waals surface area contributed by atoms with Gasteiger partial charge in [0.1, 0.15) is 5.75 Å². The first-order valence-corrected chi connectivity index (χ1v) is 10.0. The molecule has 0 heterocycles. The fourth-order valence-electron chi connectivity index (χ4n) is 2.29. The summed E-state index contributed by atoms with van der Waals surface area (Å²) < 4.78 is 44.4. The van der Waals surface area contributed by atoms with Crippen LogP contribution < -0.4 is 18.9 Å². The standard InChI is InChI=1S/C19H25NO5S/c1-5-23-18-12-11-17(13-19(18)24-6-2)26(21,22)20-15-7-9-16(10-8-15)25-14(3)4/h7-14,20H,5-6H2,1-4H3. The number of rotatable bonds is 9. The number of benzene rings is 2. The second-order valence-corrected chi connectivity index (χ2v) is 7.45. The van der Waals surface area contributed by atoms with Crippen LogP contribution >= 0.6 is 0 Å². The van der Waals surface area contributed by atoms with Gasteiger partial charge >= 0.3 is 0 Å². The second kappa shape index (κ2) is 8.80. The quantitative estimate of drug-likeness (QED) is 0.711. The van der Waals surface area contributed by atoms with E-state index in [1.165, 1.54) is 12.1 Å². The third-order valence-electron chi connectivity index (χ3n) is 3.30. The maximum absolute atomic E-state index is 12.7. The van der Waals surface area contributed by atoms with Crippen LogP contribution in [0.2, 0.25) is 0 Å². The molecule has 26 heavy (non-hydrogen) atoms. The summed E-state index contributed by atoms with van der Waals surface area (Å²) in [6.45, 7) is 8.42. The van der Waals surface area contributed by atoms with E-state index in [9.17, 15) is 8.42 Å². The fourth-order valence-corrected chi connectivity index (χ4v) is 3.36. The molecule has 0 unspecified atom stereocenters. The van der Waals surface area contributed by atoms with Crippen LogP contribution in [0.4, 0.5) is 5.69 Å². The van der Waals surface area contributed by atoms with E-state index >= 15 is 0 Å². The lowest BCUT2D eigenvalue weighted by Crippen LogP contribution is -2.13. The largest absolute Gasteiger partial charge is 0.491 e. The zero-order valence-electron chi connectivity index (χ0n) is 15.5. The van der Waals surface area contributed by atoms with Crippen LogP contribution in [0.25, 0.3) is 0 Å². The topological polar surface area (TPSA) is 73.9 Å². The molecule has 2 aromatic carbocycles. The minimum absolute atomic E-state index is 0.0541. The molecule has 2 aromatic rings. The van der Waals surface area contributed by atoms with Crippen molar-refractivity contribution in [3.63, 3.8) is 0 Å². The lowest BCUT2D eigenvalue weighted by Gasteiger charge is -2.14. The molecule has 0 aliphatic rings. The molecule has 6 nitrogen and oxygen atoms in total. The Kier molecular flexibility index (Phi) is 6.74. The highest BCUT2D eigenvalue weighted by Crippen LogP contribution is 2.31. The summed E-state index contributed by atoms with van der Waals surface area (Å²) in [5, 5.41) is 0. The van der Waals surface area contributed by atoms with Gasteiger partial charge in [0, 0.05) is 11.8 Å². The van der Waals surface area contributed by atoms with Gasteiger partial charge in [-0.05, 0) is 64.1 Å². The van der Waals surface area contributed by atoms with Crippen molar-refractivity contribution in [1.82, 2.24) is 0 Å². The van der Waals surface area contributed by atoms with E-state index in [0.717, 1.165) is 0 Å². The summed E-state index contributed by atoms with van der Waals surface area (Å²) in [5.74, 6) is 1.60. The van der Waals surface area contributed by atoms with Crippen molar-refractivity contribution < 1.29 is 22.6 Å². The van der Waals surface area contributed by atoms with E-state index in [2.05, 4.69) is 4.72 Å². The van der Waals surface area contributed by atoms with E-state index in [1.807, 2.05) is 27.7 Å². The Hall–Kier alpha value is -2.41. The van der Waals surface area contributed by atoms with Crippen LogP contribution in [0.15, 0.2) is 47.4 Å². The molecule has 7 heteroatoms. The molecule has 0 bridgehead atoms. The first-order valence-electron chi connectivity index (χ1n) is 8.55. The van der Waals surface area contributed by atoms with Crippen molar-refractivity contribution in [3.05, 3.63) is 42.5 Å². The predicted molar refractivity (Wildman–Crippen MR) is 102 cm³/mol. The minimum atomic E-state index is -3.75. The molecular weight excluding hydrogens is 354 g/mol. The normalized spacial score (nSPS) is 11.3. The van der Waals surface area contributed by atoms with Gasteiger partial charge in [-0.3, -0.25) is 4.72 Å². The number of hydrogen-bond acceptors (Lipinski definition) is 5. The molecule has 0 aromatic heterocycles. The fraction of sp³-hybridized carbons (Fsp3) is 0.368. The smallest absolute Gasteiger partial charge is 0.262 e. The minimum Gasteiger partial charge on any atom is -0.491 e. The van der Waals surface area contributed by atoms with E-state index in [1.54, 1.807) is 30.3 Å². The van der Waals surface area contributed by atoms with Crippen LogP contribution in [0, 0.1) is 0 Å². The predicted octanol–water partition coefficient (Wildman–Crippen LogP) is 4.07. The third kappa shape index (κ3) is 5.29. The Balaban J connectivity index is 2.22. The maximum Gasteiger partial charge on any atom is 0.262 e. The van der Waals surface area contributed by atoms with E-state index in [0.29, 0.717) is 36.1 Å². The molecule has 0 saturated heterocycles. The summed E-state index contributed by atoms with van der Waals surface area (Å²) in [5.41, 5.74) is 0.452. The van der Waals surface area contributed by atoms with Crippen LogP contribution in [0.1, 0.15) is 27.7 Å². The highest BCUT2D eigenvalue weighted by Gasteiger charge is 2.17. The molecule has 0 saturated carbocycles. The molecule has 0 aliphatic heterocycles. The van der Waals surface area contributed by atoms with Gasteiger partial charge in [0.05, 0.1) is 24.2 Å². The highest BCUT2D eigenvalue weighted by atomic mass is 32.2. The van der Waals surface area contributed by atoms with Crippen molar-refractivity contribution in [2.45, 2.75) is 38.7 Å². The summed E-state index contributed by atoms with van der Waals surface area (Å²) in [7, 11) is -3.75. The maximum atomic E-state index is 12.7. The van der Waals surface area contributed by atoms with Crippen LogP contribution in [0.3, 0.4) is 0 Å². The number of hydrogen-bond donors (Lipinski definition) is 1. The zero-order chi connectivity index (χ0) is 19.2. The highest BCUT2D eigenvalue weighted by molar-refractivity contribution is 7.92. The molecule has 0 amide bonds. The van der Waals surface area contributed by atoms with E-state index in [4.69, 9.17) is 14.2 Å². The van der Waals surface area contributed by atoms with Crippen molar-refractivity contribution >= 4 is 15.7 Å². The Morgan fingerprint density at radius 1 is 0.923 bits per heavy atom. The van der Waals surface area contributed by atoms with Gasteiger partial charge < -0.3 is 14.2 Å². The number of sulfonamides is 1. The van der Waals surface area contributed by atoms with E-state index < -0.39 is 10.0 Å². The molecule has 1 N–H and O–H groups in total. The van der Waals surface area contributed by atoms with Gasteiger partial charge in [-0.15, -0.1) is 0 Å². The Morgan fingerprint density at radius 2 is 1.54 bits per heavy atom. The molecule has 2 rings (SSSR count). The summed E-state index contributed by atoms with van der Waals surface area (Å²) >= 11 is 0. The average molecular weight is 379 g/mol. The van der Waals surface area contributed by atoms with Gasteiger partial charge in [0.2, 0.25) is 0 Å². The van der Waals surface area contributed by atoms with Gasteiger partial charge in [-0.2, -0.15) is 0 Å².